The Morgan fingerprint density at radius 1 is 1.18 bits per heavy atom. The minimum Gasteiger partial charge on any atom is -0.489 e. The number of aliphatic hydroxyl groups excluding tert-OH is 1. The number of carbonyl (C=O) groups excluding carboxylic acids is 3. The van der Waals surface area contributed by atoms with Crippen LogP contribution in [0.3, 0.4) is 0 Å². The number of carbonyl (C=O) groups is 3. The van der Waals surface area contributed by atoms with Crippen molar-refractivity contribution in [2.75, 3.05) is 27.4 Å². The number of amides is 1. The number of Topliss-reactive ketones (excluding diaryl/α,β-unsaturated/α-hetero) is 2. The number of ketones is 2. The molecule has 1 amide bonds. The van der Waals surface area contributed by atoms with Crippen molar-refractivity contribution < 1.29 is 29.0 Å². The summed E-state index contributed by atoms with van der Waals surface area (Å²) in [5.41, 5.74) is 0.497. The summed E-state index contributed by atoms with van der Waals surface area (Å²) in [6, 6.07) is 0. The average molecular weight is 309 g/mol. The third-order valence-electron chi connectivity index (χ3n) is 3.13. The molecule has 1 aliphatic carbocycles. The molecule has 7 nitrogen and oxygen atoms in total. The Hall–Kier alpha value is -2.41. The minimum absolute atomic E-state index is 0.0827. The minimum atomic E-state index is -0.522. The molecule has 2 N–H and O–H groups in total. The quantitative estimate of drug-likeness (QED) is 0.529. The molecule has 0 fully saturated rings. The van der Waals surface area contributed by atoms with Crippen molar-refractivity contribution in [1.29, 1.82) is 0 Å². The summed E-state index contributed by atoms with van der Waals surface area (Å²) in [5.74, 6) is -1.76. The lowest BCUT2D eigenvalue weighted by atomic mass is 9.91. The Bertz CT molecular complexity index is 597. The largest absolute Gasteiger partial charge is 0.489 e. The van der Waals surface area contributed by atoms with Crippen molar-refractivity contribution in [2.24, 2.45) is 0 Å². The van der Waals surface area contributed by atoms with Gasteiger partial charge in [-0.3, -0.25) is 14.4 Å². The highest BCUT2D eigenvalue weighted by atomic mass is 16.5. The maximum Gasteiger partial charge on any atom is 0.247 e. The van der Waals surface area contributed by atoms with E-state index < -0.39 is 17.5 Å². The zero-order valence-corrected chi connectivity index (χ0v) is 13.0. The van der Waals surface area contributed by atoms with Crippen LogP contribution in [0.5, 0.6) is 0 Å². The van der Waals surface area contributed by atoms with Gasteiger partial charge < -0.3 is 19.9 Å². The molecule has 0 aromatic carbocycles. The van der Waals surface area contributed by atoms with E-state index in [1.54, 1.807) is 0 Å². The van der Waals surface area contributed by atoms with Crippen LogP contribution in [-0.4, -0.2) is 50.0 Å². The van der Waals surface area contributed by atoms with Crippen molar-refractivity contribution in [3.8, 4) is 0 Å². The van der Waals surface area contributed by atoms with Crippen molar-refractivity contribution >= 4 is 17.5 Å². The Labute approximate surface area is 128 Å². The molecular weight excluding hydrogens is 290 g/mol. The van der Waals surface area contributed by atoms with Gasteiger partial charge in [0.1, 0.15) is 0 Å². The van der Waals surface area contributed by atoms with Gasteiger partial charge in [-0.15, -0.1) is 0 Å². The second kappa shape index (κ2) is 7.56. The van der Waals surface area contributed by atoms with Gasteiger partial charge >= 0.3 is 0 Å². The molecule has 0 heterocycles. The molecule has 0 aliphatic heterocycles. The molecule has 0 saturated heterocycles. The van der Waals surface area contributed by atoms with E-state index in [0.717, 1.165) is 0 Å². The number of hydrogen-bond acceptors (Lipinski definition) is 6. The fourth-order valence-electron chi connectivity index (χ4n) is 1.93. The summed E-state index contributed by atoms with van der Waals surface area (Å²) in [4.78, 5) is 36.3. The Morgan fingerprint density at radius 2 is 1.73 bits per heavy atom. The first-order chi connectivity index (χ1) is 10.4. The van der Waals surface area contributed by atoms with Gasteiger partial charge in [-0.1, -0.05) is 0 Å². The second-order valence-electron chi connectivity index (χ2n) is 4.57. The van der Waals surface area contributed by atoms with Crippen LogP contribution in [-0.2, 0) is 23.9 Å². The standard InChI is InChI=1S/C15H19NO6/c1-8(15(20)16-5-6-17)7-10-9(2)11(18)13(21-3)14(22-4)12(10)19/h7,17H,5-6H2,1-4H3,(H,16,20)/b8-7+. The number of rotatable bonds is 6. The first kappa shape index (κ1) is 17.6. The normalized spacial score (nSPS) is 16.1. The lowest BCUT2D eigenvalue weighted by Gasteiger charge is -2.19. The highest BCUT2D eigenvalue weighted by Gasteiger charge is 2.34. The topological polar surface area (TPSA) is 102 Å². The van der Waals surface area contributed by atoms with E-state index in [2.05, 4.69) is 5.32 Å². The van der Waals surface area contributed by atoms with E-state index in [4.69, 9.17) is 14.6 Å². The fraction of sp³-hybridized carbons (Fsp3) is 0.400. The van der Waals surface area contributed by atoms with Gasteiger partial charge in [0.15, 0.2) is 0 Å². The van der Waals surface area contributed by atoms with Gasteiger partial charge in [0.05, 0.1) is 20.8 Å². The number of methoxy groups -OCH3 is 2. The zero-order chi connectivity index (χ0) is 16.9. The summed E-state index contributed by atoms with van der Waals surface area (Å²) in [6.45, 7) is 2.90. The molecule has 1 aliphatic rings. The average Bonchev–Trinajstić information content (AvgIpc) is 2.51. The number of allylic oxidation sites excluding steroid dienone is 3. The molecular formula is C15H19NO6. The SMILES string of the molecule is COC1=C(OC)C(=O)C(/C=C(\C)C(=O)NCCO)=C(C)C1=O. The monoisotopic (exact) mass is 309 g/mol. The third kappa shape index (κ3) is 3.43. The zero-order valence-electron chi connectivity index (χ0n) is 13.0. The number of hydrogen-bond donors (Lipinski definition) is 2. The summed E-state index contributed by atoms with van der Waals surface area (Å²) in [7, 11) is 2.55. The van der Waals surface area contributed by atoms with E-state index >= 15 is 0 Å². The molecule has 0 bridgehead atoms. The van der Waals surface area contributed by atoms with Crippen LogP contribution in [0.25, 0.3) is 0 Å². The van der Waals surface area contributed by atoms with Gasteiger partial charge in [-0.2, -0.15) is 0 Å². The van der Waals surface area contributed by atoms with E-state index in [0.29, 0.717) is 0 Å². The molecule has 0 saturated carbocycles. The molecule has 0 aromatic rings. The first-order valence-corrected chi connectivity index (χ1v) is 6.58. The van der Waals surface area contributed by atoms with Crippen molar-refractivity contribution in [3.63, 3.8) is 0 Å². The highest BCUT2D eigenvalue weighted by Crippen LogP contribution is 2.27. The van der Waals surface area contributed by atoms with Crippen molar-refractivity contribution in [1.82, 2.24) is 5.32 Å². The maximum absolute atomic E-state index is 12.4. The van der Waals surface area contributed by atoms with Crippen molar-refractivity contribution in [3.05, 3.63) is 34.3 Å². The van der Waals surface area contributed by atoms with E-state index in [-0.39, 0.29) is 41.4 Å². The van der Waals surface area contributed by atoms with Gasteiger partial charge in [0.25, 0.3) is 0 Å². The predicted octanol–water partition coefficient (Wildman–Crippen LogP) is 0.0139. The predicted molar refractivity (Wildman–Crippen MR) is 77.6 cm³/mol. The first-order valence-electron chi connectivity index (χ1n) is 6.58. The lowest BCUT2D eigenvalue weighted by molar-refractivity contribution is -0.120. The molecule has 22 heavy (non-hydrogen) atoms. The molecule has 120 valence electrons. The van der Waals surface area contributed by atoms with Crippen LogP contribution < -0.4 is 5.32 Å². The Morgan fingerprint density at radius 3 is 2.23 bits per heavy atom. The van der Waals surface area contributed by atoms with Gasteiger partial charge in [0, 0.05) is 23.3 Å². The summed E-state index contributed by atoms with van der Waals surface area (Å²) in [5, 5.41) is 11.1. The van der Waals surface area contributed by atoms with Crippen LogP contribution >= 0.6 is 0 Å². The van der Waals surface area contributed by atoms with Crippen LogP contribution in [0.15, 0.2) is 34.3 Å². The lowest BCUT2D eigenvalue weighted by Crippen LogP contribution is -2.28. The van der Waals surface area contributed by atoms with Gasteiger partial charge in [-0.25, -0.2) is 0 Å². The maximum atomic E-state index is 12.4. The summed E-state index contributed by atoms with van der Waals surface area (Å²) < 4.78 is 9.87. The van der Waals surface area contributed by atoms with Crippen LogP contribution in [0.1, 0.15) is 13.8 Å². The highest BCUT2D eigenvalue weighted by molar-refractivity contribution is 6.24. The van der Waals surface area contributed by atoms with Crippen LogP contribution in [0.2, 0.25) is 0 Å². The number of aliphatic hydroxyl groups is 1. The molecule has 0 atom stereocenters. The van der Waals surface area contributed by atoms with E-state index in [9.17, 15) is 14.4 Å². The fourth-order valence-corrected chi connectivity index (χ4v) is 1.93. The Kier molecular flexibility index (Phi) is 6.06. The smallest absolute Gasteiger partial charge is 0.247 e. The molecule has 0 unspecified atom stereocenters. The summed E-state index contributed by atoms with van der Waals surface area (Å²) in [6.07, 6.45) is 1.33. The molecule has 0 spiro atoms. The van der Waals surface area contributed by atoms with Crippen molar-refractivity contribution in [2.45, 2.75) is 13.8 Å². The van der Waals surface area contributed by atoms with Crippen LogP contribution in [0.4, 0.5) is 0 Å². The van der Waals surface area contributed by atoms with Gasteiger partial charge in [-0.05, 0) is 19.9 Å². The Balaban J connectivity index is 3.19. The number of nitrogens with one attached hydrogen (secondary N) is 1. The molecule has 0 aromatic heterocycles. The second-order valence-corrected chi connectivity index (χ2v) is 4.57. The third-order valence-corrected chi connectivity index (χ3v) is 3.13. The molecule has 1 rings (SSSR count). The van der Waals surface area contributed by atoms with E-state index in [1.165, 1.54) is 34.1 Å². The summed E-state index contributed by atoms with van der Waals surface area (Å²) >= 11 is 0. The van der Waals surface area contributed by atoms with Gasteiger partial charge in [0.2, 0.25) is 29.0 Å². The molecule has 7 heteroatoms. The van der Waals surface area contributed by atoms with Crippen LogP contribution in [0, 0.1) is 0 Å². The van der Waals surface area contributed by atoms with E-state index in [1.807, 2.05) is 0 Å². The molecule has 0 radical (unpaired) electrons. The number of ether oxygens (including phenoxy) is 2.